The van der Waals surface area contributed by atoms with Crippen molar-refractivity contribution in [2.24, 2.45) is 0 Å². The van der Waals surface area contributed by atoms with Crippen LogP contribution in [0.2, 0.25) is 0 Å². The van der Waals surface area contributed by atoms with Gasteiger partial charge in [0, 0.05) is 6.07 Å². The lowest BCUT2D eigenvalue weighted by Crippen LogP contribution is -2.10. The number of nitrogens with one attached hydrogen (secondary N) is 1. The van der Waals surface area contributed by atoms with Crippen molar-refractivity contribution in [3.8, 4) is 0 Å². The van der Waals surface area contributed by atoms with Crippen LogP contribution < -0.4 is 5.32 Å². The Hall–Kier alpha value is -0.790. The van der Waals surface area contributed by atoms with Gasteiger partial charge >= 0.3 is 6.09 Å². The Bertz CT molecular complexity index is 274. The predicted octanol–water partition coefficient (Wildman–Crippen LogP) is 1.79. The average Bonchev–Trinajstić information content (AvgIpc) is 2.52. The van der Waals surface area contributed by atoms with E-state index in [9.17, 15) is 4.79 Å². The first-order valence-electron chi connectivity index (χ1n) is 3.12. The molecule has 12 heavy (non-hydrogen) atoms. The Kier molecular flexibility index (Phi) is 3.32. The molecule has 0 aromatic carbocycles. The molecule has 0 radical (unpaired) electrons. The summed E-state index contributed by atoms with van der Waals surface area (Å²) < 4.78 is 9.91. The van der Waals surface area contributed by atoms with Crippen LogP contribution in [0.3, 0.4) is 0 Å². The highest BCUT2D eigenvalue weighted by molar-refractivity contribution is 14.1. The van der Waals surface area contributed by atoms with Gasteiger partial charge in [-0.25, -0.2) is 4.79 Å². The van der Waals surface area contributed by atoms with E-state index in [1.807, 2.05) is 0 Å². The van der Waals surface area contributed by atoms with Gasteiger partial charge in [-0.3, -0.25) is 5.32 Å². The van der Waals surface area contributed by atoms with Crippen LogP contribution in [0.4, 0.5) is 10.6 Å². The molecular weight excluding hydrogens is 275 g/mol. The highest BCUT2D eigenvalue weighted by Gasteiger charge is 2.05. The van der Waals surface area contributed by atoms with Gasteiger partial charge in [-0.2, -0.15) is 0 Å². The standard InChI is InChI=1S/C6H7IN2O3/c1-11-6(10)8-5-2-4(3-7)12-9-5/h2H,3H2,1H3,(H,8,9,10). The van der Waals surface area contributed by atoms with E-state index in [4.69, 9.17) is 4.52 Å². The van der Waals surface area contributed by atoms with Gasteiger partial charge in [-0.1, -0.05) is 27.7 Å². The topological polar surface area (TPSA) is 64.4 Å². The summed E-state index contributed by atoms with van der Waals surface area (Å²) in [6.07, 6.45) is -0.552. The molecule has 0 saturated heterocycles. The normalized spacial score (nSPS) is 9.50. The molecule has 0 aliphatic carbocycles. The number of carbonyl (C=O) groups is 1. The van der Waals surface area contributed by atoms with Crippen molar-refractivity contribution in [3.05, 3.63) is 11.8 Å². The Morgan fingerprint density at radius 3 is 3.17 bits per heavy atom. The number of ether oxygens (including phenoxy) is 1. The number of rotatable bonds is 2. The predicted molar refractivity (Wildman–Crippen MR) is 50.3 cm³/mol. The van der Waals surface area contributed by atoms with Gasteiger partial charge in [0.2, 0.25) is 0 Å². The maximum Gasteiger partial charge on any atom is 0.412 e. The molecule has 1 aromatic heterocycles. The number of hydrogen-bond acceptors (Lipinski definition) is 4. The van der Waals surface area contributed by atoms with E-state index >= 15 is 0 Å². The summed E-state index contributed by atoms with van der Waals surface area (Å²) in [4.78, 5) is 10.7. The zero-order valence-corrected chi connectivity index (χ0v) is 8.49. The summed E-state index contributed by atoms with van der Waals surface area (Å²) >= 11 is 2.13. The number of carbonyl (C=O) groups excluding carboxylic acids is 1. The molecule has 1 heterocycles. The first-order chi connectivity index (χ1) is 5.76. The molecule has 5 nitrogen and oxygen atoms in total. The van der Waals surface area contributed by atoms with Crippen molar-refractivity contribution in [1.82, 2.24) is 5.16 Å². The fourth-order valence-electron chi connectivity index (χ4n) is 0.590. The average molecular weight is 282 g/mol. The van der Waals surface area contributed by atoms with E-state index in [0.29, 0.717) is 16.0 Å². The van der Waals surface area contributed by atoms with Crippen LogP contribution in [-0.4, -0.2) is 18.4 Å². The number of amides is 1. The molecule has 0 unspecified atom stereocenters. The molecule has 0 aliphatic heterocycles. The van der Waals surface area contributed by atoms with E-state index in [-0.39, 0.29) is 0 Å². The number of hydrogen-bond donors (Lipinski definition) is 1. The van der Waals surface area contributed by atoms with Gasteiger partial charge in [-0.15, -0.1) is 0 Å². The number of alkyl halides is 1. The molecule has 0 aliphatic rings. The molecule has 1 N–H and O–H groups in total. The van der Waals surface area contributed by atoms with Gasteiger partial charge in [0.1, 0.15) is 5.76 Å². The molecule has 0 spiro atoms. The summed E-state index contributed by atoms with van der Waals surface area (Å²) in [5.74, 6) is 1.08. The van der Waals surface area contributed by atoms with E-state index in [0.717, 1.165) is 0 Å². The Morgan fingerprint density at radius 2 is 2.67 bits per heavy atom. The van der Waals surface area contributed by atoms with E-state index in [1.54, 1.807) is 6.07 Å². The molecule has 0 bridgehead atoms. The minimum absolute atomic E-state index is 0.369. The Balaban J connectivity index is 2.58. The summed E-state index contributed by atoms with van der Waals surface area (Å²) in [5.41, 5.74) is 0. The smallest absolute Gasteiger partial charge is 0.412 e. The van der Waals surface area contributed by atoms with Crippen LogP contribution in [0, 0.1) is 0 Å². The zero-order valence-electron chi connectivity index (χ0n) is 6.33. The fourth-order valence-corrected chi connectivity index (χ4v) is 0.950. The largest absolute Gasteiger partial charge is 0.453 e. The lowest BCUT2D eigenvalue weighted by atomic mass is 10.5. The van der Waals surface area contributed by atoms with Crippen molar-refractivity contribution in [2.45, 2.75) is 4.43 Å². The maximum atomic E-state index is 10.7. The molecule has 1 amide bonds. The van der Waals surface area contributed by atoms with Crippen LogP contribution in [0.5, 0.6) is 0 Å². The summed E-state index contributed by atoms with van der Waals surface area (Å²) in [7, 11) is 1.29. The van der Waals surface area contributed by atoms with Crippen LogP contribution in [0.15, 0.2) is 10.6 Å². The van der Waals surface area contributed by atoms with Crippen molar-refractivity contribution in [3.63, 3.8) is 0 Å². The second-order valence-electron chi connectivity index (χ2n) is 1.93. The highest BCUT2D eigenvalue weighted by atomic mass is 127. The third-order valence-electron chi connectivity index (χ3n) is 1.11. The van der Waals surface area contributed by atoms with Crippen molar-refractivity contribution in [1.29, 1.82) is 0 Å². The number of halogens is 1. The van der Waals surface area contributed by atoms with Gasteiger partial charge < -0.3 is 9.26 Å². The zero-order chi connectivity index (χ0) is 8.97. The van der Waals surface area contributed by atoms with Crippen LogP contribution >= 0.6 is 22.6 Å². The van der Waals surface area contributed by atoms with Crippen molar-refractivity contribution >= 4 is 34.5 Å². The number of methoxy groups -OCH3 is 1. The fraction of sp³-hybridized carbons (Fsp3) is 0.333. The quantitative estimate of drug-likeness (QED) is 0.663. The molecule has 0 saturated carbocycles. The van der Waals surface area contributed by atoms with Crippen molar-refractivity contribution in [2.75, 3.05) is 12.4 Å². The van der Waals surface area contributed by atoms with Crippen LogP contribution in [-0.2, 0) is 9.16 Å². The Labute approximate surface area is 82.6 Å². The second kappa shape index (κ2) is 4.29. The molecule has 0 atom stereocenters. The maximum absolute atomic E-state index is 10.7. The number of nitrogens with zero attached hydrogens (tertiary/aromatic N) is 1. The first kappa shape index (κ1) is 9.30. The minimum atomic E-state index is -0.552. The van der Waals surface area contributed by atoms with Crippen LogP contribution in [0.1, 0.15) is 5.76 Å². The number of anilines is 1. The van der Waals surface area contributed by atoms with Crippen molar-refractivity contribution < 1.29 is 14.1 Å². The number of aromatic nitrogens is 1. The molecular formula is C6H7IN2O3. The second-order valence-corrected chi connectivity index (χ2v) is 2.69. The first-order valence-corrected chi connectivity index (χ1v) is 4.65. The van der Waals surface area contributed by atoms with Gasteiger partial charge in [0.05, 0.1) is 11.5 Å². The van der Waals surface area contributed by atoms with Gasteiger partial charge in [0.25, 0.3) is 0 Å². The van der Waals surface area contributed by atoms with Gasteiger partial charge in [0.15, 0.2) is 5.82 Å². The molecule has 6 heteroatoms. The lowest BCUT2D eigenvalue weighted by Gasteiger charge is -1.95. The van der Waals surface area contributed by atoms with E-state index < -0.39 is 6.09 Å². The summed E-state index contributed by atoms with van der Waals surface area (Å²) in [6.45, 7) is 0. The van der Waals surface area contributed by atoms with E-state index in [2.05, 4.69) is 37.8 Å². The Morgan fingerprint density at radius 1 is 1.92 bits per heavy atom. The SMILES string of the molecule is COC(=O)Nc1cc(CI)on1. The molecule has 66 valence electrons. The lowest BCUT2D eigenvalue weighted by molar-refractivity contribution is 0.186. The monoisotopic (exact) mass is 282 g/mol. The third-order valence-corrected chi connectivity index (χ3v) is 1.86. The molecule has 1 rings (SSSR count). The summed E-state index contributed by atoms with van der Waals surface area (Å²) in [5, 5.41) is 5.96. The minimum Gasteiger partial charge on any atom is -0.453 e. The molecule has 0 fully saturated rings. The summed E-state index contributed by atoms with van der Waals surface area (Å²) in [6, 6.07) is 1.64. The van der Waals surface area contributed by atoms with Crippen LogP contribution in [0.25, 0.3) is 0 Å². The third kappa shape index (κ3) is 2.36. The van der Waals surface area contributed by atoms with Gasteiger partial charge in [-0.05, 0) is 0 Å². The highest BCUT2D eigenvalue weighted by Crippen LogP contribution is 2.11. The molecule has 1 aromatic rings. The van der Waals surface area contributed by atoms with E-state index in [1.165, 1.54) is 7.11 Å².